The van der Waals surface area contributed by atoms with Crippen LogP contribution in [-0.2, 0) is 0 Å². The van der Waals surface area contributed by atoms with Crippen LogP contribution in [0.25, 0.3) is 0 Å². The summed E-state index contributed by atoms with van der Waals surface area (Å²) in [5.74, 6) is 3.65. The lowest BCUT2D eigenvalue weighted by Crippen LogP contribution is -2.08. The van der Waals surface area contributed by atoms with Gasteiger partial charge in [0.25, 0.3) is 0 Å². The molecule has 12 heavy (non-hydrogen) atoms. The van der Waals surface area contributed by atoms with Gasteiger partial charge in [-0.3, -0.25) is 0 Å². The molecule has 0 saturated carbocycles. The van der Waals surface area contributed by atoms with Crippen LogP contribution in [0, 0.1) is 0 Å². The first kappa shape index (κ1) is 8.56. The van der Waals surface area contributed by atoms with Gasteiger partial charge in [-0.2, -0.15) is 16.7 Å². The molecule has 3 nitrogen and oxygen atoms in total. The van der Waals surface area contributed by atoms with E-state index in [9.17, 15) is 0 Å². The molecule has 1 aliphatic rings. The van der Waals surface area contributed by atoms with Gasteiger partial charge >= 0.3 is 0 Å². The fourth-order valence-electron chi connectivity index (χ4n) is 1.32. The summed E-state index contributed by atoms with van der Waals surface area (Å²) in [6.07, 6.45) is 2.44. The third kappa shape index (κ3) is 1.82. The molecule has 0 N–H and O–H groups in total. The predicted octanol–water partition coefficient (Wildman–Crippen LogP) is 2.44. The smallest absolute Gasteiger partial charge is 0.238 e. The van der Waals surface area contributed by atoms with Crippen LogP contribution in [-0.4, -0.2) is 21.6 Å². The maximum atomic E-state index is 5.08. The van der Waals surface area contributed by atoms with Gasteiger partial charge in [0, 0.05) is 11.7 Å². The first-order valence-electron chi connectivity index (χ1n) is 3.93. The Morgan fingerprint density at radius 3 is 3.08 bits per heavy atom. The van der Waals surface area contributed by atoms with Crippen molar-refractivity contribution in [3.05, 3.63) is 10.6 Å². The van der Waals surface area contributed by atoms with E-state index < -0.39 is 0 Å². The molecule has 2 heterocycles. The van der Waals surface area contributed by atoms with Gasteiger partial charge in [0.2, 0.25) is 10.6 Å². The van der Waals surface area contributed by atoms with Crippen LogP contribution in [0.3, 0.4) is 0 Å². The highest BCUT2D eigenvalue weighted by atomic mass is 79.9. The third-order valence-corrected chi connectivity index (χ3v) is 3.46. The van der Waals surface area contributed by atoms with Crippen molar-refractivity contribution < 1.29 is 4.52 Å². The SMILES string of the molecule is Brc1noc(C2CCCSC2)n1. The lowest BCUT2D eigenvalue weighted by Gasteiger charge is -2.16. The molecule has 0 spiro atoms. The summed E-state index contributed by atoms with van der Waals surface area (Å²) >= 11 is 5.14. The average molecular weight is 249 g/mol. The molecule has 1 aromatic heterocycles. The topological polar surface area (TPSA) is 38.9 Å². The highest BCUT2D eigenvalue weighted by Crippen LogP contribution is 2.30. The maximum Gasteiger partial charge on any atom is 0.238 e. The Hall–Kier alpha value is -0.0300. The van der Waals surface area contributed by atoms with E-state index in [1.165, 1.54) is 18.6 Å². The number of hydrogen-bond donors (Lipinski definition) is 0. The molecule has 0 radical (unpaired) electrons. The minimum atomic E-state index is 0.475. The summed E-state index contributed by atoms with van der Waals surface area (Å²) < 4.78 is 5.65. The fraction of sp³-hybridized carbons (Fsp3) is 0.714. The largest absolute Gasteiger partial charge is 0.338 e. The second-order valence-electron chi connectivity index (χ2n) is 2.82. The molecule has 0 aliphatic carbocycles. The van der Waals surface area contributed by atoms with Gasteiger partial charge in [-0.1, -0.05) is 0 Å². The normalized spacial score (nSPS) is 24.2. The predicted molar refractivity (Wildman–Crippen MR) is 51.3 cm³/mol. The van der Waals surface area contributed by atoms with Crippen molar-refractivity contribution >= 4 is 27.7 Å². The number of nitrogens with zero attached hydrogens (tertiary/aromatic N) is 2. The van der Waals surface area contributed by atoms with Crippen molar-refractivity contribution in [1.29, 1.82) is 0 Å². The molecule has 1 atom stereocenters. The zero-order valence-corrected chi connectivity index (χ0v) is 8.90. The van der Waals surface area contributed by atoms with Gasteiger partial charge in [-0.15, -0.1) is 0 Å². The zero-order chi connectivity index (χ0) is 8.39. The van der Waals surface area contributed by atoms with Crippen LogP contribution in [0.2, 0.25) is 0 Å². The maximum absolute atomic E-state index is 5.08. The zero-order valence-electron chi connectivity index (χ0n) is 6.49. The first-order chi connectivity index (χ1) is 5.86. The molecule has 5 heteroatoms. The number of hydrogen-bond acceptors (Lipinski definition) is 4. The summed E-state index contributed by atoms with van der Waals surface area (Å²) in [6.45, 7) is 0. The van der Waals surface area contributed by atoms with E-state index in [4.69, 9.17) is 4.52 Å². The van der Waals surface area contributed by atoms with Crippen molar-refractivity contribution in [1.82, 2.24) is 10.1 Å². The molecule has 1 unspecified atom stereocenters. The number of aromatic nitrogens is 2. The monoisotopic (exact) mass is 248 g/mol. The van der Waals surface area contributed by atoms with Crippen LogP contribution in [0.1, 0.15) is 24.7 Å². The summed E-state index contributed by atoms with van der Waals surface area (Å²) in [6, 6.07) is 0. The summed E-state index contributed by atoms with van der Waals surface area (Å²) in [5.41, 5.74) is 0. The number of halogens is 1. The van der Waals surface area contributed by atoms with E-state index in [1.54, 1.807) is 0 Å². The summed E-state index contributed by atoms with van der Waals surface area (Å²) in [5, 5.41) is 3.71. The van der Waals surface area contributed by atoms with E-state index in [0.717, 1.165) is 11.6 Å². The quantitative estimate of drug-likeness (QED) is 0.766. The van der Waals surface area contributed by atoms with Crippen molar-refractivity contribution in [3.8, 4) is 0 Å². The van der Waals surface area contributed by atoms with Gasteiger partial charge in [0.05, 0.1) is 0 Å². The second kappa shape index (κ2) is 3.79. The number of rotatable bonds is 1. The van der Waals surface area contributed by atoms with Gasteiger partial charge in [0.1, 0.15) is 0 Å². The lowest BCUT2D eigenvalue weighted by molar-refractivity contribution is 0.350. The van der Waals surface area contributed by atoms with Gasteiger partial charge in [-0.05, 0) is 39.7 Å². The van der Waals surface area contributed by atoms with E-state index in [0.29, 0.717) is 10.7 Å². The summed E-state index contributed by atoms with van der Waals surface area (Å²) in [7, 11) is 0. The van der Waals surface area contributed by atoms with E-state index in [-0.39, 0.29) is 0 Å². The molecule has 2 rings (SSSR count). The molecular weight excluding hydrogens is 240 g/mol. The van der Waals surface area contributed by atoms with Gasteiger partial charge < -0.3 is 4.52 Å². The fourth-order valence-corrected chi connectivity index (χ4v) is 2.70. The van der Waals surface area contributed by atoms with Crippen molar-refractivity contribution in [2.45, 2.75) is 18.8 Å². The van der Waals surface area contributed by atoms with Crippen molar-refractivity contribution in [2.24, 2.45) is 0 Å². The third-order valence-electron chi connectivity index (χ3n) is 1.93. The van der Waals surface area contributed by atoms with E-state index in [2.05, 4.69) is 26.1 Å². The standard InChI is InChI=1S/C7H9BrN2OS/c8-7-9-6(11-10-7)5-2-1-3-12-4-5/h5H,1-4H2. The molecule has 0 bridgehead atoms. The van der Waals surface area contributed by atoms with Crippen LogP contribution < -0.4 is 0 Å². The molecule has 66 valence electrons. The Labute approximate surface area is 83.4 Å². The van der Waals surface area contributed by atoms with Crippen molar-refractivity contribution in [3.63, 3.8) is 0 Å². The Kier molecular flexibility index (Phi) is 2.70. The summed E-state index contributed by atoms with van der Waals surface area (Å²) in [4.78, 5) is 4.16. The molecule has 1 aliphatic heterocycles. The minimum absolute atomic E-state index is 0.475. The lowest BCUT2D eigenvalue weighted by atomic mass is 10.1. The minimum Gasteiger partial charge on any atom is -0.338 e. The second-order valence-corrected chi connectivity index (χ2v) is 4.67. The van der Waals surface area contributed by atoms with Crippen LogP contribution in [0.15, 0.2) is 9.26 Å². The van der Waals surface area contributed by atoms with Gasteiger partial charge in [-0.25, -0.2) is 0 Å². The molecule has 1 aromatic rings. The Morgan fingerprint density at radius 2 is 2.50 bits per heavy atom. The first-order valence-corrected chi connectivity index (χ1v) is 5.88. The van der Waals surface area contributed by atoms with Crippen LogP contribution in [0.5, 0.6) is 0 Å². The Bertz CT molecular complexity index is 260. The Morgan fingerprint density at radius 1 is 1.58 bits per heavy atom. The van der Waals surface area contributed by atoms with Crippen molar-refractivity contribution in [2.75, 3.05) is 11.5 Å². The molecule has 1 saturated heterocycles. The van der Waals surface area contributed by atoms with E-state index in [1.807, 2.05) is 11.8 Å². The molecule has 1 fully saturated rings. The Balaban J connectivity index is 2.08. The van der Waals surface area contributed by atoms with Crippen LogP contribution in [0.4, 0.5) is 0 Å². The number of thioether (sulfide) groups is 1. The highest BCUT2D eigenvalue weighted by Gasteiger charge is 2.21. The molecular formula is C7H9BrN2OS. The van der Waals surface area contributed by atoms with Crippen LogP contribution >= 0.6 is 27.7 Å². The average Bonchev–Trinajstić information content (AvgIpc) is 2.54. The highest BCUT2D eigenvalue weighted by molar-refractivity contribution is 9.10. The molecule has 0 amide bonds. The molecule has 0 aromatic carbocycles. The van der Waals surface area contributed by atoms with Gasteiger partial charge in [0.15, 0.2) is 0 Å². The van der Waals surface area contributed by atoms with E-state index >= 15 is 0 Å².